The van der Waals surface area contributed by atoms with E-state index in [1.165, 1.54) is 25.7 Å². The van der Waals surface area contributed by atoms with Gasteiger partial charge in [-0.3, -0.25) is 0 Å². The molecule has 1 atom stereocenters. The Morgan fingerprint density at radius 1 is 1.42 bits per heavy atom. The van der Waals surface area contributed by atoms with Gasteiger partial charge >= 0.3 is 0 Å². The third-order valence-electron chi connectivity index (χ3n) is 2.94. The van der Waals surface area contributed by atoms with Crippen molar-refractivity contribution in [3.8, 4) is 0 Å². The van der Waals surface area contributed by atoms with Crippen LogP contribution in [0.1, 0.15) is 46.0 Å². The molecule has 0 heterocycles. The molecule has 0 radical (unpaired) electrons. The molecule has 1 rings (SSSR count). The summed E-state index contributed by atoms with van der Waals surface area (Å²) >= 11 is 0. The van der Waals surface area contributed by atoms with E-state index < -0.39 is 0 Å². The van der Waals surface area contributed by atoms with Gasteiger partial charge in [-0.05, 0) is 26.2 Å². The Kier molecular flexibility index (Phi) is 3.53. The molecule has 0 aliphatic heterocycles. The Labute approximate surface area is 75.4 Å². The first-order chi connectivity index (χ1) is 5.66. The summed E-state index contributed by atoms with van der Waals surface area (Å²) < 4.78 is 0. The molecular formula is C10H21NO. The molecule has 0 spiro atoms. The van der Waals surface area contributed by atoms with E-state index in [9.17, 15) is 5.11 Å². The van der Waals surface area contributed by atoms with Crippen LogP contribution in [0.15, 0.2) is 0 Å². The van der Waals surface area contributed by atoms with Crippen LogP contribution in [0, 0.1) is 0 Å². The van der Waals surface area contributed by atoms with Crippen molar-refractivity contribution in [2.45, 2.75) is 57.6 Å². The summed E-state index contributed by atoms with van der Waals surface area (Å²) in [4.78, 5) is 0. The number of hydrogen-bond acceptors (Lipinski definition) is 2. The number of hydrogen-bond donors (Lipinski definition) is 2. The Hall–Kier alpha value is -0.0800. The lowest BCUT2D eigenvalue weighted by molar-refractivity contribution is 0.153. The highest BCUT2D eigenvalue weighted by Crippen LogP contribution is 2.28. The Morgan fingerprint density at radius 3 is 2.50 bits per heavy atom. The summed E-state index contributed by atoms with van der Waals surface area (Å²) in [5.41, 5.74) is 0.316. The Bertz CT molecular complexity index is 130. The van der Waals surface area contributed by atoms with Gasteiger partial charge in [0.15, 0.2) is 0 Å². The van der Waals surface area contributed by atoms with E-state index in [0.29, 0.717) is 5.54 Å². The fourth-order valence-electron chi connectivity index (χ4n) is 1.84. The van der Waals surface area contributed by atoms with Crippen LogP contribution in [0.25, 0.3) is 0 Å². The highest BCUT2D eigenvalue weighted by atomic mass is 16.3. The van der Waals surface area contributed by atoms with Crippen LogP contribution in [-0.4, -0.2) is 23.3 Å². The van der Waals surface area contributed by atoms with Crippen LogP contribution in [0.4, 0.5) is 0 Å². The van der Waals surface area contributed by atoms with Crippen LogP contribution in [0.3, 0.4) is 0 Å². The molecule has 1 saturated carbocycles. The molecule has 2 N–H and O–H groups in total. The number of aliphatic hydroxyl groups excluding tert-OH is 1. The first-order valence-electron chi connectivity index (χ1n) is 5.09. The van der Waals surface area contributed by atoms with Crippen LogP contribution < -0.4 is 5.32 Å². The third kappa shape index (κ3) is 2.76. The summed E-state index contributed by atoms with van der Waals surface area (Å²) in [5, 5.41) is 12.8. The summed E-state index contributed by atoms with van der Waals surface area (Å²) in [7, 11) is 0. The molecule has 0 saturated heterocycles. The molecule has 2 heteroatoms. The number of β-amino-alcohol motifs (C(OH)–C–C–N with tert-alkyl or cyclic N) is 1. The van der Waals surface area contributed by atoms with Gasteiger partial charge in [-0.15, -0.1) is 0 Å². The fourth-order valence-corrected chi connectivity index (χ4v) is 1.84. The number of rotatable bonds is 4. The van der Waals surface area contributed by atoms with E-state index in [1.807, 2.05) is 6.92 Å². The largest absolute Gasteiger partial charge is 0.392 e. The van der Waals surface area contributed by atoms with Crippen molar-refractivity contribution in [3.05, 3.63) is 0 Å². The van der Waals surface area contributed by atoms with E-state index in [4.69, 9.17) is 0 Å². The van der Waals surface area contributed by atoms with Crippen molar-refractivity contribution in [2.24, 2.45) is 0 Å². The second kappa shape index (κ2) is 4.24. The second-order valence-corrected chi connectivity index (χ2v) is 4.21. The zero-order chi connectivity index (χ0) is 9.03. The second-order valence-electron chi connectivity index (χ2n) is 4.21. The van der Waals surface area contributed by atoms with Crippen molar-refractivity contribution < 1.29 is 5.11 Å². The van der Waals surface area contributed by atoms with Gasteiger partial charge < -0.3 is 10.4 Å². The highest BCUT2D eigenvalue weighted by Gasteiger charge is 2.27. The lowest BCUT2D eigenvalue weighted by atomic mass is 10.0. The molecular weight excluding hydrogens is 150 g/mol. The first kappa shape index (κ1) is 10.0. The van der Waals surface area contributed by atoms with Gasteiger partial charge in [-0.2, -0.15) is 0 Å². The average molecular weight is 171 g/mol. The molecule has 2 nitrogen and oxygen atoms in total. The molecule has 1 aliphatic carbocycles. The van der Waals surface area contributed by atoms with Gasteiger partial charge in [0, 0.05) is 12.1 Å². The van der Waals surface area contributed by atoms with Crippen molar-refractivity contribution in [2.75, 3.05) is 6.54 Å². The SMILES string of the molecule is CCC(O)CNC1(C)CCCC1. The summed E-state index contributed by atoms with van der Waals surface area (Å²) in [6.45, 7) is 5.04. The topological polar surface area (TPSA) is 32.3 Å². The molecule has 72 valence electrons. The Balaban J connectivity index is 2.21. The van der Waals surface area contributed by atoms with E-state index >= 15 is 0 Å². The van der Waals surface area contributed by atoms with Gasteiger partial charge in [0.1, 0.15) is 0 Å². The molecule has 1 aliphatic rings. The predicted molar refractivity (Wildman–Crippen MR) is 51.2 cm³/mol. The first-order valence-corrected chi connectivity index (χ1v) is 5.09. The summed E-state index contributed by atoms with van der Waals surface area (Å²) in [5.74, 6) is 0. The minimum absolute atomic E-state index is 0.164. The zero-order valence-electron chi connectivity index (χ0n) is 8.27. The van der Waals surface area contributed by atoms with Crippen molar-refractivity contribution in [3.63, 3.8) is 0 Å². The quantitative estimate of drug-likeness (QED) is 0.674. The highest BCUT2D eigenvalue weighted by molar-refractivity contribution is 4.88. The van der Waals surface area contributed by atoms with Crippen molar-refractivity contribution >= 4 is 0 Å². The summed E-state index contributed by atoms with van der Waals surface area (Å²) in [6, 6.07) is 0. The van der Waals surface area contributed by atoms with Gasteiger partial charge in [-0.1, -0.05) is 19.8 Å². The normalized spacial score (nSPS) is 24.2. The maximum atomic E-state index is 9.37. The predicted octanol–water partition coefficient (Wildman–Crippen LogP) is 1.68. The van der Waals surface area contributed by atoms with Crippen molar-refractivity contribution in [1.29, 1.82) is 0 Å². The molecule has 12 heavy (non-hydrogen) atoms. The van der Waals surface area contributed by atoms with Gasteiger partial charge in [-0.25, -0.2) is 0 Å². The molecule has 1 fully saturated rings. The molecule has 0 bridgehead atoms. The molecule has 0 aromatic rings. The molecule has 0 aromatic carbocycles. The van der Waals surface area contributed by atoms with Gasteiger partial charge in [0.05, 0.1) is 6.10 Å². The van der Waals surface area contributed by atoms with E-state index in [2.05, 4.69) is 12.2 Å². The van der Waals surface area contributed by atoms with Crippen molar-refractivity contribution in [1.82, 2.24) is 5.32 Å². The Morgan fingerprint density at radius 2 is 2.00 bits per heavy atom. The third-order valence-corrected chi connectivity index (χ3v) is 2.94. The molecule has 0 aromatic heterocycles. The molecule has 0 amide bonds. The lowest BCUT2D eigenvalue weighted by Crippen LogP contribution is -2.43. The van der Waals surface area contributed by atoms with E-state index in [-0.39, 0.29) is 6.10 Å². The minimum Gasteiger partial charge on any atom is -0.392 e. The fraction of sp³-hybridized carbons (Fsp3) is 1.00. The molecule has 1 unspecified atom stereocenters. The summed E-state index contributed by atoms with van der Waals surface area (Å²) in [6.07, 6.45) is 5.90. The smallest absolute Gasteiger partial charge is 0.0662 e. The lowest BCUT2D eigenvalue weighted by Gasteiger charge is -2.26. The van der Waals surface area contributed by atoms with Gasteiger partial charge in [0.25, 0.3) is 0 Å². The van der Waals surface area contributed by atoms with Crippen LogP contribution in [-0.2, 0) is 0 Å². The van der Waals surface area contributed by atoms with Crippen LogP contribution in [0.5, 0.6) is 0 Å². The van der Waals surface area contributed by atoms with Gasteiger partial charge in [0.2, 0.25) is 0 Å². The average Bonchev–Trinajstić information content (AvgIpc) is 2.49. The van der Waals surface area contributed by atoms with E-state index in [0.717, 1.165) is 13.0 Å². The van der Waals surface area contributed by atoms with Crippen LogP contribution >= 0.6 is 0 Å². The number of nitrogens with one attached hydrogen (secondary N) is 1. The van der Waals surface area contributed by atoms with Crippen LogP contribution in [0.2, 0.25) is 0 Å². The monoisotopic (exact) mass is 171 g/mol. The maximum absolute atomic E-state index is 9.37. The zero-order valence-corrected chi connectivity index (χ0v) is 8.27. The minimum atomic E-state index is -0.164. The van der Waals surface area contributed by atoms with E-state index in [1.54, 1.807) is 0 Å². The number of aliphatic hydroxyl groups is 1. The standard InChI is InChI=1S/C10H21NO/c1-3-9(12)8-11-10(2)6-4-5-7-10/h9,11-12H,3-8H2,1-2H3. The maximum Gasteiger partial charge on any atom is 0.0662 e.